The van der Waals surface area contributed by atoms with Gasteiger partial charge in [-0.15, -0.1) is 11.8 Å². The first kappa shape index (κ1) is 11.4. The topological polar surface area (TPSA) is 0 Å². The van der Waals surface area contributed by atoms with Crippen LogP contribution in [0, 0.1) is 11.8 Å². The van der Waals surface area contributed by atoms with E-state index in [1.54, 1.807) is 11.8 Å². The minimum absolute atomic E-state index is 1.15. The molecule has 0 aromatic heterocycles. The van der Waals surface area contributed by atoms with Crippen LogP contribution >= 0.6 is 11.8 Å². The van der Waals surface area contributed by atoms with Crippen molar-refractivity contribution in [3.8, 4) is 11.8 Å². The lowest BCUT2D eigenvalue weighted by Crippen LogP contribution is -1.89. The Morgan fingerprint density at radius 1 is 1.12 bits per heavy atom. The van der Waals surface area contributed by atoms with E-state index in [0.717, 1.165) is 12.0 Å². The van der Waals surface area contributed by atoms with Crippen LogP contribution in [0.5, 0.6) is 0 Å². The van der Waals surface area contributed by atoms with Crippen LogP contribution in [0.1, 0.15) is 31.2 Å². The van der Waals surface area contributed by atoms with Crippen molar-refractivity contribution in [3.63, 3.8) is 0 Å². The van der Waals surface area contributed by atoms with E-state index in [1.165, 1.54) is 29.7 Å². The van der Waals surface area contributed by atoms with E-state index in [1.807, 2.05) is 0 Å². The van der Waals surface area contributed by atoms with E-state index < -0.39 is 0 Å². The Kier molecular flexibility index (Phi) is 4.13. The van der Waals surface area contributed by atoms with Crippen LogP contribution in [0.15, 0.2) is 40.8 Å². The molecule has 0 radical (unpaired) electrons. The van der Waals surface area contributed by atoms with Gasteiger partial charge in [0.15, 0.2) is 0 Å². The van der Waals surface area contributed by atoms with Gasteiger partial charge in [-0.05, 0) is 49.6 Å². The molecule has 0 aliphatic heterocycles. The summed E-state index contributed by atoms with van der Waals surface area (Å²) < 4.78 is 0. The molecule has 0 bridgehead atoms. The third kappa shape index (κ3) is 2.93. The normalized spacial score (nSPS) is 14.9. The molecule has 0 heterocycles. The Hall–Kier alpha value is -1.13. The van der Waals surface area contributed by atoms with Crippen LogP contribution in [0.3, 0.4) is 0 Å². The third-order valence-electron chi connectivity index (χ3n) is 2.76. The zero-order chi connectivity index (χ0) is 11.2. The predicted octanol–water partition coefficient (Wildman–Crippen LogP) is 4.26. The highest BCUT2D eigenvalue weighted by atomic mass is 32.2. The molecule has 1 aromatic carbocycles. The van der Waals surface area contributed by atoms with E-state index in [9.17, 15) is 0 Å². The van der Waals surface area contributed by atoms with Gasteiger partial charge in [-0.1, -0.05) is 30.0 Å². The Bertz CT molecular complexity index is 446. The standard InChI is InChI=1S/C15H16S/c1-16-15-10-6-5-9-14(15)12-11-13-7-3-2-4-8-13/h5-7,9-10H,2-4,8H2,1H3. The summed E-state index contributed by atoms with van der Waals surface area (Å²) in [6, 6.07) is 8.35. The molecule has 1 aliphatic rings. The van der Waals surface area contributed by atoms with Crippen molar-refractivity contribution in [3.05, 3.63) is 41.5 Å². The number of benzene rings is 1. The molecule has 0 nitrogen and oxygen atoms in total. The molecule has 0 saturated carbocycles. The third-order valence-corrected chi connectivity index (χ3v) is 3.55. The highest BCUT2D eigenvalue weighted by Gasteiger charge is 2.00. The van der Waals surface area contributed by atoms with E-state index >= 15 is 0 Å². The molecule has 0 atom stereocenters. The SMILES string of the molecule is CSc1ccccc1C#CC1=CCCCC1. The van der Waals surface area contributed by atoms with Crippen molar-refractivity contribution in [2.24, 2.45) is 0 Å². The molecular weight excluding hydrogens is 212 g/mol. The van der Waals surface area contributed by atoms with Crippen molar-refractivity contribution >= 4 is 11.8 Å². The molecule has 16 heavy (non-hydrogen) atoms. The van der Waals surface area contributed by atoms with Gasteiger partial charge in [0, 0.05) is 10.5 Å². The van der Waals surface area contributed by atoms with Gasteiger partial charge >= 0.3 is 0 Å². The molecule has 0 amide bonds. The number of hydrogen-bond acceptors (Lipinski definition) is 1. The summed E-state index contributed by atoms with van der Waals surface area (Å²) in [5.41, 5.74) is 2.48. The number of thioether (sulfide) groups is 1. The first-order valence-electron chi connectivity index (χ1n) is 5.74. The van der Waals surface area contributed by atoms with E-state index in [4.69, 9.17) is 0 Å². The van der Waals surface area contributed by atoms with Gasteiger partial charge in [-0.2, -0.15) is 0 Å². The summed E-state index contributed by atoms with van der Waals surface area (Å²) in [7, 11) is 0. The fourth-order valence-corrected chi connectivity index (χ4v) is 2.40. The van der Waals surface area contributed by atoms with Crippen molar-refractivity contribution in [1.82, 2.24) is 0 Å². The molecule has 1 aliphatic carbocycles. The van der Waals surface area contributed by atoms with E-state index in [2.05, 4.69) is 48.4 Å². The zero-order valence-corrected chi connectivity index (χ0v) is 10.4. The van der Waals surface area contributed by atoms with Gasteiger partial charge in [0.25, 0.3) is 0 Å². The minimum atomic E-state index is 1.15. The molecule has 0 spiro atoms. The van der Waals surface area contributed by atoms with Crippen LogP contribution in [0.4, 0.5) is 0 Å². The first-order chi connectivity index (χ1) is 7.90. The summed E-state index contributed by atoms with van der Waals surface area (Å²) in [6.45, 7) is 0. The molecule has 82 valence electrons. The fraction of sp³-hybridized carbons (Fsp3) is 0.333. The second kappa shape index (κ2) is 5.82. The van der Waals surface area contributed by atoms with Crippen LogP contribution in [-0.2, 0) is 0 Å². The van der Waals surface area contributed by atoms with Crippen LogP contribution in [-0.4, -0.2) is 6.26 Å². The van der Waals surface area contributed by atoms with Gasteiger partial charge in [0.05, 0.1) is 0 Å². The lowest BCUT2D eigenvalue weighted by molar-refractivity contribution is 0.715. The maximum absolute atomic E-state index is 3.31. The molecule has 1 aromatic rings. The maximum Gasteiger partial charge on any atom is 0.0384 e. The highest BCUT2D eigenvalue weighted by Crippen LogP contribution is 2.20. The van der Waals surface area contributed by atoms with E-state index in [-0.39, 0.29) is 0 Å². The predicted molar refractivity (Wildman–Crippen MR) is 71.7 cm³/mol. The van der Waals surface area contributed by atoms with Crippen molar-refractivity contribution in [1.29, 1.82) is 0 Å². The molecule has 0 N–H and O–H groups in total. The smallest absolute Gasteiger partial charge is 0.0384 e. The van der Waals surface area contributed by atoms with Gasteiger partial charge in [-0.25, -0.2) is 0 Å². The molecule has 0 saturated heterocycles. The molecule has 2 rings (SSSR count). The Balaban J connectivity index is 2.19. The largest absolute Gasteiger partial charge is 0.128 e. The Morgan fingerprint density at radius 3 is 2.75 bits per heavy atom. The monoisotopic (exact) mass is 228 g/mol. The Labute approximate surface area is 102 Å². The summed E-state index contributed by atoms with van der Waals surface area (Å²) in [5.74, 6) is 6.61. The van der Waals surface area contributed by atoms with Gasteiger partial charge < -0.3 is 0 Å². The van der Waals surface area contributed by atoms with Crippen molar-refractivity contribution in [2.75, 3.05) is 6.26 Å². The minimum Gasteiger partial charge on any atom is -0.128 e. The van der Waals surface area contributed by atoms with Gasteiger partial charge in [-0.3, -0.25) is 0 Å². The number of rotatable bonds is 1. The maximum atomic E-state index is 3.31. The van der Waals surface area contributed by atoms with Crippen LogP contribution < -0.4 is 0 Å². The fourth-order valence-electron chi connectivity index (χ4n) is 1.85. The van der Waals surface area contributed by atoms with Gasteiger partial charge in [0.1, 0.15) is 0 Å². The lowest BCUT2D eigenvalue weighted by Gasteiger charge is -2.06. The van der Waals surface area contributed by atoms with Crippen molar-refractivity contribution < 1.29 is 0 Å². The lowest BCUT2D eigenvalue weighted by atomic mass is 10.00. The zero-order valence-electron chi connectivity index (χ0n) is 9.62. The van der Waals surface area contributed by atoms with Crippen LogP contribution in [0.2, 0.25) is 0 Å². The molecule has 0 fully saturated rings. The van der Waals surface area contributed by atoms with Crippen molar-refractivity contribution in [2.45, 2.75) is 30.6 Å². The van der Waals surface area contributed by atoms with E-state index in [0.29, 0.717) is 0 Å². The highest BCUT2D eigenvalue weighted by molar-refractivity contribution is 7.98. The second-order valence-corrected chi connectivity index (χ2v) is 4.77. The average Bonchev–Trinajstić information content (AvgIpc) is 2.38. The summed E-state index contributed by atoms with van der Waals surface area (Å²) in [5, 5.41) is 0. The number of allylic oxidation sites excluding steroid dienone is 2. The summed E-state index contributed by atoms with van der Waals surface area (Å²) >= 11 is 1.76. The van der Waals surface area contributed by atoms with Gasteiger partial charge in [0.2, 0.25) is 0 Å². The van der Waals surface area contributed by atoms with Crippen LogP contribution in [0.25, 0.3) is 0 Å². The number of hydrogen-bond donors (Lipinski definition) is 0. The Morgan fingerprint density at radius 2 is 2.00 bits per heavy atom. The molecular formula is C15H16S. The summed E-state index contributed by atoms with van der Waals surface area (Å²) in [4.78, 5) is 1.27. The quantitative estimate of drug-likeness (QED) is 0.511. The average molecular weight is 228 g/mol. The molecule has 0 unspecified atom stereocenters. The second-order valence-electron chi connectivity index (χ2n) is 3.93. The molecule has 1 heteroatoms. The first-order valence-corrected chi connectivity index (χ1v) is 6.96. The summed E-state index contributed by atoms with van der Waals surface area (Å²) in [6.07, 6.45) is 9.37.